The quantitative estimate of drug-likeness (QED) is 0.525. The predicted octanol–water partition coefficient (Wildman–Crippen LogP) is 6.98. The van der Waals surface area contributed by atoms with Gasteiger partial charge >= 0.3 is 0 Å². The van der Waals surface area contributed by atoms with Crippen molar-refractivity contribution in [2.24, 2.45) is 0 Å². The highest BCUT2D eigenvalue weighted by atomic mass is 16.3. The molecule has 0 saturated carbocycles. The lowest BCUT2D eigenvalue weighted by atomic mass is 9.87. The molecule has 0 aromatic heterocycles. The predicted molar refractivity (Wildman–Crippen MR) is 112 cm³/mol. The lowest BCUT2D eigenvalue weighted by Crippen LogP contribution is -2.10. The fourth-order valence-corrected chi connectivity index (χ4v) is 2.73. The van der Waals surface area contributed by atoms with E-state index in [9.17, 15) is 0 Å². The van der Waals surface area contributed by atoms with Crippen molar-refractivity contribution in [3.8, 4) is 11.5 Å². The Hall–Kier alpha value is -1.96. The molecule has 2 aromatic rings. The van der Waals surface area contributed by atoms with E-state index in [0.29, 0.717) is 11.5 Å². The van der Waals surface area contributed by atoms with Gasteiger partial charge in [0.15, 0.2) is 0 Å². The summed E-state index contributed by atoms with van der Waals surface area (Å²) in [4.78, 5) is 0. The molecule has 0 spiro atoms. The number of hydrogen-bond donors (Lipinski definition) is 2. The normalized spacial score (nSPS) is 10.9. The number of unbranched alkanes of at least 4 members (excludes halogenated alkanes) is 5. The van der Waals surface area contributed by atoms with E-state index in [1.807, 2.05) is 24.3 Å². The van der Waals surface area contributed by atoms with E-state index in [0.717, 1.165) is 6.42 Å². The van der Waals surface area contributed by atoms with E-state index < -0.39 is 0 Å². The lowest BCUT2D eigenvalue weighted by molar-refractivity contribution is 0.473. The summed E-state index contributed by atoms with van der Waals surface area (Å²) in [6, 6.07) is 14.9. The van der Waals surface area contributed by atoms with Gasteiger partial charge in [-0.25, -0.2) is 0 Å². The summed E-state index contributed by atoms with van der Waals surface area (Å²) >= 11 is 0. The van der Waals surface area contributed by atoms with Gasteiger partial charge in [-0.1, -0.05) is 84.1 Å². The van der Waals surface area contributed by atoms with E-state index in [1.165, 1.54) is 49.7 Å². The van der Waals surface area contributed by atoms with Gasteiger partial charge in [-0.2, -0.15) is 0 Å². The summed E-state index contributed by atoms with van der Waals surface area (Å²) in [6.45, 7) is 8.70. The van der Waals surface area contributed by atoms with Crippen LogP contribution < -0.4 is 0 Å². The minimum absolute atomic E-state index is 0.174. The number of phenolic OH excluding ortho intramolecular Hbond substituents is 2. The molecule has 0 saturated heterocycles. The molecule has 0 aliphatic rings. The Morgan fingerprint density at radius 3 is 1.62 bits per heavy atom. The maximum atomic E-state index is 9.13. The molecule has 0 radical (unpaired) electrons. The molecule has 2 rings (SSSR count). The second-order valence-electron chi connectivity index (χ2n) is 7.98. The van der Waals surface area contributed by atoms with E-state index in [4.69, 9.17) is 10.2 Å². The van der Waals surface area contributed by atoms with E-state index in [1.54, 1.807) is 24.3 Å². The summed E-state index contributed by atoms with van der Waals surface area (Å²) < 4.78 is 0. The van der Waals surface area contributed by atoms with Gasteiger partial charge in [0.2, 0.25) is 0 Å². The topological polar surface area (TPSA) is 40.5 Å². The van der Waals surface area contributed by atoms with Crippen LogP contribution in [0.4, 0.5) is 0 Å². The van der Waals surface area contributed by atoms with Crippen molar-refractivity contribution < 1.29 is 10.2 Å². The molecule has 0 unspecified atom stereocenters. The van der Waals surface area contributed by atoms with Crippen LogP contribution in [0.3, 0.4) is 0 Å². The molecule has 2 N–H and O–H groups in total. The number of aromatic hydroxyl groups is 2. The van der Waals surface area contributed by atoms with Gasteiger partial charge in [0.1, 0.15) is 11.5 Å². The van der Waals surface area contributed by atoms with Crippen molar-refractivity contribution in [1.29, 1.82) is 0 Å². The molecule has 2 aromatic carbocycles. The maximum Gasteiger partial charge on any atom is 0.115 e. The molecular weight excluding hydrogens is 320 g/mol. The number of hydrogen-bond acceptors (Lipinski definition) is 2. The first-order valence-corrected chi connectivity index (χ1v) is 9.90. The number of aryl methyl sites for hydroxylation is 1. The molecule has 0 amide bonds. The van der Waals surface area contributed by atoms with Crippen LogP contribution in [0.2, 0.25) is 0 Å². The largest absolute Gasteiger partial charge is 0.508 e. The zero-order valence-corrected chi connectivity index (χ0v) is 17.0. The van der Waals surface area contributed by atoms with Gasteiger partial charge in [0.05, 0.1) is 0 Å². The Morgan fingerprint density at radius 1 is 0.654 bits per heavy atom. The Morgan fingerprint density at radius 2 is 1.12 bits per heavy atom. The van der Waals surface area contributed by atoms with Gasteiger partial charge in [-0.15, -0.1) is 0 Å². The third-order valence-corrected chi connectivity index (χ3v) is 4.49. The standard InChI is InChI=1S/C14H22O.C10H14O/c1-2-3-4-5-6-7-8-13-9-11-14(15)12-10-13;1-10(2,3)8-4-6-9(11)7-5-8/h9-12,15H,2-8H2,1H3;4-7,11H,1-3H3. The van der Waals surface area contributed by atoms with Crippen molar-refractivity contribution in [1.82, 2.24) is 0 Å². The first-order valence-electron chi connectivity index (χ1n) is 9.90. The Bertz CT molecular complexity index is 592. The van der Waals surface area contributed by atoms with Crippen molar-refractivity contribution >= 4 is 0 Å². The van der Waals surface area contributed by atoms with Gasteiger partial charge < -0.3 is 10.2 Å². The van der Waals surface area contributed by atoms with Crippen molar-refractivity contribution in [3.05, 3.63) is 59.7 Å². The third kappa shape index (κ3) is 9.50. The highest BCUT2D eigenvalue weighted by Crippen LogP contribution is 2.23. The van der Waals surface area contributed by atoms with Crippen LogP contribution in [0.1, 0.15) is 77.3 Å². The number of rotatable bonds is 7. The molecule has 0 bridgehead atoms. The third-order valence-electron chi connectivity index (χ3n) is 4.49. The smallest absolute Gasteiger partial charge is 0.115 e. The zero-order valence-electron chi connectivity index (χ0n) is 17.0. The molecule has 0 atom stereocenters. The van der Waals surface area contributed by atoms with E-state index in [-0.39, 0.29) is 5.41 Å². The zero-order chi connectivity index (χ0) is 19.4. The molecule has 26 heavy (non-hydrogen) atoms. The minimum atomic E-state index is 0.174. The van der Waals surface area contributed by atoms with Gasteiger partial charge in [-0.05, 0) is 53.6 Å². The number of benzene rings is 2. The van der Waals surface area contributed by atoms with E-state index >= 15 is 0 Å². The average Bonchev–Trinajstić information content (AvgIpc) is 2.60. The van der Waals surface area contributed by atoms with Crippen LogP contribution in [0, 0.1) is 0 Å². The highest BCUT2D eigenvalue weighted by molar-refractivity contribution is 5.30. The van der Waals surface area contributed by atoms with Crippen LogP contribution in [0.5, 0.6) is 11.5 Å². The van der Waals surface area contributed by atoms with Crippen LogP contribution in [0.15, 0.2) is 48.5 Å². The first kappa shape index (κ1) is 22.1. The Labute approximate surface area is 159 Å². The fourth-order valence-electron chi connectivity index (χ4n) is 2.73. The minimum Gasteiger partial charge on any atom is -0.508 e. The fraction of sp³-hybridized carbons (Fsp3) is 0.500. The van der Waals surface area contributed by atoms with Crippen LogP contribution in [-0.2, 0) is 11.8 Å². The molecule has 2 heteroatoms. The average molecular weight is 357 g/mol. The monoisotopic (exact) mass is 356 g/mol. The SMILES string of the molecule is CC(C)(C)c1ccc(O)cc1.CCCCCCCCc1ccc(O)cc1. The van der Waals surface area contributed by atoms with E-state index in [2.05, 4.69) is 27.7 Å². The maximum absolute atomic E-state index is 9.13. The van der Waals surface area contributed by atoms with Gasteiger partial charge in [0, 0.05) is 0 Å². The molecule has 0 heterocycles. The van der Waals surface area contributed by atoms with Crippen LogP contribution >= 0.6 is 0 Å². The summed E-state index contributed by atoms with van der Waals surface area (Å²) in [5.41, 5.74) is 2.76. The van der Waals surface area contributed by atoms with Crippen molar-refractivity contribution in [2.45, 2.75) is 78.1 Å². The molecular formula is C24H36O2. The summed E-state index contributed by atoms with van der Waals surface area (Å²) in [6.07, 6.45) is 9.19. The second-order valence-corrected chi connectivity index (χ2v) is 7.98. The molecule has 0 aliphatic heterocycles. The Balaban J connectivity index is 0.000000273. The molecule has 0 fully saturated rings. The van der Waals surface area contributed by atoms with Crippen LogP contribution in [-0.4, -0.2) is 10.2 Å². The first-order chi connectivity index (χ1) is 12.3. The number of phenols is 2. The summed E-state index contributed by atoms with van der Waals surface area (Å²) in [5, 5.41) is 18.1. The molecule has 144 valence electrons. The molecule has 0 aliphatic carbocycles. The van der Waals surface area contributed by atoms with Gasteiger partial charge in [-0.3, -0.25) is 0 Å². The second kappa shape index (κ2) is 11.6. The Kier molecular flexibility index (Phi) is 9.87. The summed E-state index contributed by atoms with van der Waals surface area (Å²) in [5.74, 6) is 0.694. The van der Waals surface area contributed by atoms with Crippen molar-refractivity contribution in [2.75, 3.05) is 0 Å². The van der Waals surface area contributed by atoms with Crippen molar-refractivity contribution in [3.63, 3.8) is 0 Å². The highest BCUT2D eigenvalue weighted by Gasteiger charge is 2.12. The molecule has 2 nitrogen and oxygen atoms in total. The van der Waals surface area contributed by atoms with Gasteiger partial charge in [0.25, 0.3) is 0 Å². The lowest BCUT2D eigenvalue weighted by Gasteiger charge is -2.18. The summed E-state index contributed by atoms with van der Waals surface area (Å²) in [7, 11) is 0. The van der Waals surface area contributed by atoms with Crippen LogP contribution in [0.25, 0.3) is 0 Å².